The van der Waals surface area contributed by atoms with Gasteiger partial charge in [-0.05, 0) is 37.0 Å². The van der Waals surface area contributed by atoms with Crippen LogP contribution in [0.15, 0.2) is 81.7 Å². The number of aliphatic imine (C=N–C) groups is 1. The van der Waals surface area contributed by atoms with E-state index in [9.17, 15) is 4.79 Å². The Hall–Kier alpha value is -2.31. The van der Waals surface area contributed by atoms with Gasteiger partial charge in [0.15, 0.2) is 11.5 Å². The van der Waals surface area contributed by atoms with Crippen molar-refractivity contribution in [1.29, 1.82) is 0 Å². The van der Waals surface area contributed by atoms with Gasteiger partial charge in [-0.15, -0.1) is 0 Å². The predicted molar refractivity (Wildman–Crippen MR) is 133 cm³/mol. The van der Waals surface area contributed by atoms with Gasteiger partial charge in [-0.25, -0.2) is 4.99 Å². The zero-order valence-corrected chi connectivity index (χ0v) is 19.7. The van der Waals surface area contributed by atoms with Gasteiger partial charge in [0.05, 0.1) is 12.3 Å². The van der Waals surface area contributed by atoms with Gasteiger partial charge >= 0.3 is 0 Å². The van der Waals surface area contributed by atoms with E-state index in [1.165, 1.54) is 22.9 Å². The van der Waals surface area contributed by atoms with Crippen LogP contribution in [0.1, 0.15) is 27.2 Å². The van der Waals surface area contributed by atoms with Crippen LogP contribution in [-0.4, -0.2) is 41.4 Å². The van der Waals surface area contributed by atoms with Crippen LogP contribution in [0.25, 0.3) is 0 Å². The SMILES string of the molecule is C=C/C(=C\C=C(/C)CSC(=N/C=C\N(C)C1C=C(Cl)C=CC1)N/N=C/C=O)C(C)C. The van der Waals surface area contributed by atoms with E-state index < -0.39 is 0 Å². The molecule has 0 amide bonds. The lowest BCUT2D eigenvalue weighted by molar-refractivity contribution is -0.102. The molecule has 0 aromatic carbocycles. The molecule has 0 bridgehead atoms. The van der Waals surface area contributed by atoms with Gasteiger partial charge in [-0.1, -0.05) is 73.7 Å². The van der Waals surface area contributed by atoms with Crippen LogP contribution in [0.5, 0.6) is 0 Å². The molecule has 7 heteroatoms. The highest BCUT2D eigenvalue weighted by atomic mass is 35.5. The van der Waals surface area contributed by atoms with E-state index in [1.54, 1.807) is 6.20 Å². The molecule has 5 nitrogen and oxygen atoms in total. The number of carbonyl (C=O) groups excluding carboxylic acids is 1. The molecule has 0 aliphatic heterocycles. The van der Waals surface area contributed by atoms with Crippen LogP contribution < -0.4 is 5.43 Å². The summed E-state index contributed by atoms with van der Waals surface area (Å²) in [6.07, 6.45) is 18.3. The first-order valence-corrected chi connectivity index (χ1v) is 11.1. The molecular weight excluding hydrogens is 416 g/mol. The summed E-state index contributed by atoms with van der Waals surface area (Å²) in [6, 6.07) is 0.197. The van der Waals surface area contributed by atoms with Gasteiger partial charge in [0.1, 0.15) is 0 Å². The van der Waals surface area contributed by atoms with E-state index in [0.29, 0.717) is 17.4 Å². The lowest BCUT2D eigenvalue weighted by Gasteiger charge is -2.24. The third-order valence-electron chi connectivity index (χ3n) is 4.22. The summed E-state index contributed by atoms with van der Waals surface area (Å²) in [6.45, 7) is 10.2. The number of halogens is 1. The van der Waals surface area contributed by atoms with Gasteiger partial charge in [0.2, 0.25) is 0 Å². The molecule has 1 atom stereocenters. The number of hydrogen-bond donors (Lipinski definition) is 1. The topological polar surface area (TPSA) is 57.1 Å². The second kappa shape index (κ2) is 14.6. The summed E-state index contributed by atoms with van der Waals surface area (Å²) in [7, 11) is 1.98. The maximum atomic E-state index is 10.5. The van der Waals surface area contributed by atoms with E-state index in [4.69, 9.17) is 11.6 Å². The molecule has 1 N–H and O–H groups in total. The maximum Gasteiger partial charge on any atom is 0.182 e. The Morgan fingerprint density at radius 1 is 1.47 bits per heavy atom. The summed E-state index contributed by atoms with van der Waals surface area (Å²) >= 11 is 7.58. The Balaban J connectivity index is 2.78. The Labute approximate surface area is 189 Å². The highest BCUT2D eigenvalue weighted by Gasteiger charge is 2.10. The molecule has 0 heterocycles. The smallest absolute Gasteiger partial charge is 0.182 e. The number of nitrogens with one attached hydrogen (secondary N) is 1. The summed E-state index contributed by atoms with van der Waals surface area (Å²) in [5.41, 5.74) is 5.19. The van der Waals surface area contributed by atoms with Crippen LogP contribution in [-0.2, 0) is 4.79 Å². The summed E-state index contributed by atoms with van der Waals surface area (Å²) in [5.74, 6) is 1.17. The molecular formula is C23H31ClN4OS. The number of likely N-dealkylation sites (N-methyl/N-ethyl adjacent to an activating group) is 1. The van der Waals surface area contributed by atoms with Crippen molar-refractivity contribution < 1.29 is 4.79 Å². The van der Waals surface area contributed by atoms with Crippen molar-refractivity contribution >= 4 is 41.0 Å². The Morgan fingerprint density at radius 2 is 2.23 bits per heavy atom. The van der Waals surface area contributed by atoms with Crippen LogP contribution in [0.2, 0.25) is 0 Å². The van der Waals surface area contributed by atoms with Crippen molar-refractivity contribution in [2.24, 2.45) is 16.0 Å². The van der Waals surface area contributed by atoms with Gasteiger partial charge in [0.25, 0.3) is 0 Å². The molecule has 1 aliphatic rings. The summed E-state index contributed by atoms with van der Waals surface area (Å²) in [4.78, 5) is 17.0. The zero-order valence-electron chi connectivity index (χ0n) is 18.1. The fourth-order valence-electron chi connectivity index (χ4n) is 2.41. The molecule has 0 aromatic rings. The van der Waals surface area contributed by atoms with E-state index >= 15 is 0 Å². The third-order valence-corrected chi connectivity index (χ3v) is 5.54. The van der Waals surface area contributed by atoms with Crippen LogP contribution in [0.3, 0.4) is 0 Å². The van der Waals surface area contributed by atoms with E-state index in [1.807, 2.05) is 36.4 Å². The third kappa shape index (κ3) is 10.5. The lowest BCUT2D eigenvalue weighted by atomic mass is 10.0. The first-order chi connectivity index (χ1) is 14.4. The minimum absolute atomic E-state index is 0.197. The molecule has 0 radical (unpaired) electrons. The van der Waals surface area contributed by atoms with Gasteiger partial charge < -0.3 is 4.90 Å². The molecule has 1 rings (SSSR count). The first-order valence-electron chi connectivity index (χ1n) is 9.73. The number of nitrogens with zero attached hydrogens (tertiary/aromatic N) is 3. The first kappa shape index (κ1) is 25.7. The Kier molecular flexibility index (Phi) is 12.6. The van der Waals surface area contributed by atoms with Crippen LogP contribution in [0, 0.1) is 5.92 Å². The molecule has 0 aromatic heterocycles. The Bertz CT molecular complexity index is 791. The average Bonchev–Trinajstić information content (AvgIpc) is 2.71. The molecule has 1 aliphatic carbocycles. The molecule has 0 fully saturated rings. The Morgan fingerprint density at radius 3 is 2.87 bits per heavy atom. The van der Waals surface area contributed by atoms with Crippen molar-refractivity contribution in [2.45, 2.75) is 33.2 Å². The lowest BCUT2D eigenvalue weighted by Crippen LogP contribution is -2.25. The van der Waals surface area contributed by atoms with Crippen molar-refractivity contribution in [3.63, 3.8) is 0 Å². The maximum absolute atomic E-state index is 10.5. The monoisotopic (exact) mass is 446 g/mol. The fraction of sp³-hybridized carbons (Fsp3) is 0.348. The second-order valence-corrected chi connectivity index (χ2v) is 8.41. The standard InChI is InChI=1S/C23H31ClN4OS/c1-6-20(18(2)3)11-10-19(4)17-30-23(27-26-13-15-29)25-12-14-28(5)22-9-7-8-21(24)16-22/h6-8,10-16,18,22H,1,9,17H2,2-5H3,(H,25,27)/b14-12-,19-10+,20-11+,26-13+. The number of amidine groups is 1. The highest BCUT2D eigenvalue weighted by molar-refractivity contribution is 8.14. The summed E-state index contributed by atoms with van der Waals surface area (Å²) in [5, 5.41) is 5.19. The second-order valence-electron chi connectivity index (χ2n) is 7.01. The van der Waals surface area contributed by atoms with E-state index in [2.05, 4.69) is 61.1 Å². The predicted octanol–water partition coefficient (Wildman–Crippen LogP) is 5.42. The molecule has 1 unspecified atom stereocenters. The molecule has 0 saturated heterocycles. The minimum Gasteiger partial charge on any atom is -0.372 e. The number of thioether (sulfide) groups is 1. The number of aldehydes is 1. The normalized spacial score (nSPS) is 18.3. The van der Waals surface area contributed by atoms with Crippen molar-refractivity contribution in [2.75, 3.05) is 12.8 Å². The van der Waals surface area contributed by atoms with Gasteiger partial charge in [-0.2, -0.15) is 5.10 Å². The molecule has 0 saturated carbocycles. The average molecular weight is 447 g/mol. The van der Waals surface area contributed by atoms with Crippen molar-refractivity contribution in [1.82, 2.24) is 10.3 Å². The number of allylic oxidation sites excluding steroid dienone is 6. The van der Waals surface area contributed by atoms with Gasteiger partial charge in [-0.3, -0.25) is 10.2 Å². The minimum atomic E-state index is 0.197. The number of rotatable bonds is 10. The number of carbonyl (C=O) groups is 1. The molecule has 162 valence electrons. The molecule has 30 heavy (non-hydrogen) atoms. The van der Waals surface area contributed by atoms with Crippen molar-refractivity contribution in [3.8, 4) is 0 Å². The van der Waals surface area contributed by atoms with E-state index in [-0.39, 0.29) is 6.04 Å². The quantitative estimate of drug-likeness (QED) is 0.160. The van der Waals surface area contributed by atoms with Crippen LogP contribution in [0.4, 0.5) is 0 Å². The largest absolute Gasteiger partial charge is 0.372 e. The molecule has 0 spiro atoms. The van der Waals surface area contributed by atoms with Crippen LogP contribution >= 0.6 is 23.4 Å². The fourth-order valence-corrected chi connectivity index (χ4v) is 3.36. The van der Waals surface area contributed by atoms with Crippen molar-refractivity contribution in [3.05, 3.63) is 71.6 Å². The number of hydrogen-bond acceptors (Lipinski definition) is 5. The van der Waals surface area contributed by atoms with Gasteiger partial charge in [0, 0.05) is 30.2 Å². The highest BCUT2D eigenvalue weighted by Crippen LogP contribution is 2.18. The number of hydrazone groups is 1. The van der Waals surface area contributed by atoms with E-state index in [0.717, 1.165) is 23.4 Å². The summed E-state index contributed by atoms with van der Waals surface area (Å²) < 4.78 is 0. The zero-order chi connectivity index (χ0) is 22.4.